The molecular weight excluding hydrogens is 380 g/mol. The van der Waals surface area contributed by atoms with Gasteiger partial charge in [0.2, 0.25) is 0 Å². The van der Waals surface area contributed by atoms with Gasteiger partial charge in [-0.3, -0.25) is 4.90 Å². The van der Waals surface area contributed by atoms with Crippen molar-refractivity contribution in [3.05, 3.63) is 64.6 Å². The summed E-state index contributed by atoms with van der Waals surface area (Å²) in [7, 11) is 0. The highest BCUT2D eigenvalue weighted by Crippen LogP contribution is 2.40. The average molecular weight is 397 g/mol. The number of benzene rings is 2. The lowest BCUT2D eigenvalue weighted by Gasteiger charge is -2.14. The third-order valence-corrected chi connectivity index (χ3v) is 4.98. The van der Waals surface area contributed by atoms with Crippen LogP contribution in [-0.2, 0) is 4.74 Å². The summed E-state index contributed by atoms with van der Waals surface area (Å²) in [4.78, 5) is 17.3. The molecule has 4 rings (SSSR count). The summed E-state index contributed by atoms with van der Waals surface area (Å²) in [6.45, 7) is 3.05. The van der Waals surface area contributed by atoms with E-state index in [1.54, 1.807) is 4.90 Å². The SMILES string of the molecule is Cc1c(-c2ccccc2)[nH]c(N2CCOC2=O)c1-c1ccc(Br)cc1. The number of anilines is 1. The van der Waals surface area contributed by atoms with Crippen molar-refractivity contribution in [2.75, 3.05) is 18.1 Å². The largest absolute Gasteiger partial charge is 0.447 e. The second-order valence-electron chi connectivity index (χ2n) is 5.99. The Morgan fingerprint density at radius 3 is 2.40 bits per heavy atom. The summed E-state index contributed by atoms with van der Waals surface area (Å²) in [5, 5.41) is 0. The van der Waals surface area contributed by atoms with Gasteiger partial charge in [0.05, 0.1) is 12.2 Å². The lowest BCUT2D eigenvalue weighted by Crippen LogP contribution is -2.24. The zero-order valence-corrected chi connectivity index (χ0v) is 15.3. The van der Waals surface area contributed by atoms with E-state index in [1.807, 2.05) is 30.3 Å². The number of amides is 1. The maximum atomic E-state index is 12.1. The molecule has 2 heterocycles. The number of H-pyrrole nitrogens is 1. The zero-order chi connectivity index (χ0) is 17.4. The standard InChI is InChI=1S/C20H17BrN2O2/c1-13-17(14-7-9-16(21)10-8-14)19(23-11-12-25-20(23)24)22-18(13)15-5-3-2-4-6-15/h2-10,22H,11-12H2,1H3. The Morgan fingerprint density at radius 2 is 1.76 bits per heavy atom. The molecule has 1 saturated heterocycles. The molecule has 5 heteroatoms. The molecule has 1 aliphatic rings. The number of aromatic amines is 1. The Labute approximate surface area is 154 Å². The minimum Gasteiger partial charge on any atom is -0.447 e. The van der Waals surface area contributed by atoms with Crippen LogP contribution < -0.4 is 4.90 Å². The summed E-state index contributed by atoms with van der Waals surface area (Å²) in [5.74, 6) is 0.793. The number of rotatable bonds is 3. The quantitative estimate of drug-likeness (QED) is 0.645. The molecule has 0 aliphatic carbocycles. The van der Waals surface area contributed by atoms with Gasteiger partial charge in [0, 0.05) is 10.0 Å². The van der Waals surface area contributed by atoms with Crippen LogP contribution in [-0.4, -0.2) is 24.2 Å². The number of carbonyl (C=O) groups is 1. The molecule has 126 valence electrons. The molecule has 0 atom stereocenters. The summed E-state index contributed by atoms with van der Waals surface area (Å²) < 4.78 is 6.17. The number of hydrogen-bond acceptors (Lipinski definition) is 2. The average Bonchev–Trinajstić information content (AvgIpc) is 3.20. The van der Waals surface area contributed by atoms with Crippen molar-refractivity contribution in [1.29, 1.82) is 0 Å². The minimum atomic E-state index is -0.306. The van der Waals surface area contributed by atoms with Crippen LogP contribution in [0.1, 0.15) is 5.56 Å². The first-order valence-electron chi connectivity index (χ1n) is 8.13. The fourth-order valence-corrected chi connectivity index (χ4v) is 3.50. The highest BCUT2D eigenvalue weighted by Gasteiger charge is 2.29. The molecule has 25 heavy (non-hydrogen) atoms. The van der Waals surface area contributed by atoms with Crippen molar-refractivity contribution in [3.63, 3.8) is 0 Å². The van der Waals surface area contributed by atoms with Gasteiger partial charge in [-0.2, -0.15) is 0 Å². The predicted molar refractivity (Wildman–Crippen MR) is 103 cm³/mol. The fraction of sp³-hybridized carbons (Fsp3) is 0.150. The Hall–Kier alpha value is -2.53. The van der Waals surface area contributed by atoms with E-state index in [1.165, 1.54) is 0 Å². The zero-order valence-electron chi connectivity index (χ0n) is 13.8. The summed E-state index contributed by atoms with van der Waals surface area (Å²) in [6.07, 6.45) is -0.306. The van der Waals surface area contributed by atoms with E-state index in [-0.39, 0.29) is 6.09 Å². The van der Waals surface area contributed by atoms with Crippen LogP contribution in [0.25, 0.3) is 22.4 Å². The van der Waals surface area contributed by atoms with Gasteiger partial charge >= 0.3 is 6.09 Å². The van der Waals surface area contributed by atoms with E-state index in [9.17, 15) is 4.79 Å². The number of halogens is 1. The van der Waals surface area contributed by atoms with Crippen LogP contribution in [0.2, 0.25) is 0 Å². The van der Waals surface area contributed by atoms with Crippen LogP contribution >= 0.6 is 15.9 Å². The molecule has 1 N–H and O–H groups in total. The molecule has 0 bridgehead atoms. The molecule has 1 aliphatic heterocycles. The number of hydrogen-bond donors (Lipinski definition) is 1. The predicted octanol–water partition coefficient (Wildman–Crippen LogP) is 5.38. The van der Waals surface area contributed by atoms with Crippen molar-refractivity contribution in [3.8, 4) is 22.4 Å². The van der Waals surface area contributed by atoms with Gasteiger partial charge in [0.1, 0.15) is 12.4 Å². The highest BCUT2D eigenvalue weighted by atomic mass is 79.9. The molecule has 2 aromatic carbocycles. The molecule has 3 aromatic rings. The molecule has 0 radical (unpaired) electrons. The first kappa shape index (κ1) is 16.0. The number of carbonyl (C=O) groups excluding carboxylic acids is 1. The molecule has 0 spiro atoms. The number of aromatic nitrogens is 1. The first-order chi connectivity index (χ1) is 12.1. The highest BCUT2D eigenvalue weighted by molar-refractivity contribution is 9.10. The van der Waals surface area contributed by atoms with E-state index in [4.69, 9.17) is 4.74 Å². The van der Waals surface area contributed by atoms with Crippen molar-refractivity contribution in [2.24, 2.45) is 0 Å². The van der Waals surface area contributed by atoms with Gasteiger partial charge in [-0.1, -0.05) is 58.4 Å². The molecule has 1 amide bonds. The van der Waals surface area contributed by atoms with Crippen molar-refractivity contribution < 1.29 is 9.53 Å². The van der Waals surface area contributed by atoms with Crippen molar-refractivity contribution in [1.82, 2.24) is 4.98 Å². The lowest BCUT2D eigenvalue weighted by molar-refractivity contribution is 0.181. The normalized spacial score (nSPS) is 14.0. The number of nitrogens with one attached hydrogen (secondary N) is 1. The van der Waals surface area contributed by atoms with Gasteiger partial charge < -0.3 is 9.72 Å². The second-order valence-corrected chi connectivity index (χ2v) is 6.90. The molecule has 1 fully saturated rings. The third-order valence-electron chi connectivity index (χ3n) is 4.46. The van der Waals surface area contributed by atoms with Crippen molar-refractivity contribution >= 4 is 27.8 Å². The van der Waals surface area contributed by atoms with Gasteiger partial charge in [0.25, 0.3) is 0 Å². The van der Waals surface area contributed by atoms with Crippen LogP contribution in [0.3, 0.4) is 0 Å². The van der Waals surface area contributed by atoms with Crippen LogP contribution in [0.4, 0.5) is 10.6 Å². The smallest absolute Gasteiger partial charge is 0.415 e. The Bertz CT molecular complexity index is 917. The van der Waals surface area contributed by atoms with Crippen LogP contribution in [0.15, 0.2) is 59.1 Å². The van der Waals surface area contributed by atoms with Crippen molar-refractivity contribution in [2.45, 2.75) is 6.92 Å². The minimum absolute atomic E-state index is 0.306. The molecule has 0 unspecified atom stereocenters. The fourth-order valence-electron chi connectivity index (χ4n) is 3.24. The molecule has 1 aromatic heterocycles. The maximum absolute atomic E-state index is 12.1. The van der Waals surface area contributed by atoms with Gasteiger partial charge in [-0.15, -0.1) is 0 Å². The van der Waals surface area contributed by atoms with E-state index >= 15 is 0 Å². The molecular formula is C20H17BrN2O2. The monoisotopic (exact) mass is 396 g/mol. The van der Waals surface area contributed by atoms with E-state index in [0.29, 0.717) is 13.2 Å². The Kier molecular flexibility index (Phi) is 4.09. The Morgan fingerprint density at radius 1 is 1.04 bits per heavy atom. The van der Waals surface area contributed by atoms with Gasteiger partial charge in [-0.05, 0) is 35.7 Å². The summed E-state index contributed by atoms with van der Waals surface area (Å²) >= 11 is 3.48. The topological polar surface area (TPSA) is 45.3 Å². The Balaban J connectivity index is 1.92. The second kappa shape index (κ2) is 6.41. The number of nitrogens with zero attached hydrogens (tertiary/aromatic N) is 1. The summed E-state index contributed by atoms with van der Waals surface area (Å²) in [6, 6.07) is 18.3. The van der Waals surface area contributed by atoms with E-state index in [0.717, 1.165) is 38.2 Å². The molecule has 0 saturated carbocycles. The number of ether oxygens (including phenoxy) is 1. The summed E-state index contributed by atoms with van der Waals surface area (Å²) in [5.41, 5.74) is 5.33. The number of cyclic esters (lactones) is 1. The first-order valence-corrected chi connectivity index (χ1v) is 8.92. The van der Waals surface area contributed by atoms with Gasteiger partial charge in [-0.25, -0.2) is 4.79 Å². The molecule has 4 nitrogen and oxygen atoms in total. The van der Waals surface area contributed by atoms with Crippen LogP contribution in [0.5, 0.6) is 0 Å². The van der Waals surface area contributed by atoms with Gasteiger partial charge in [0.15, 0.2) is 0 Å². The van der Waals surface area contributed by atoms with Crippen LogP contribution in [0, 0.1) is 6.92 Å². The third kappa shape index (κ3) is 2.85. The van der Waals surface area contributed by atoms with E-state index < -0.39 is 0 Å². The van der Waals surface area contributed by atoms with E-state index in [2.05, 4.69) is 52.1 Å². The maximum Gasteiger partial charge on any atom is 0.415 e. The lowest BCUT2D eigenvalue weighted by atomic mass is 10.0.